The topological polar surface area (TPSA) is 61.8 Å². The molecule has 22 heavy (non-hydrogen) atoms. The lowest BCUT2D eigenvalue weighted by molar-refractivity contribution is -0.222. The highest BCUT2D eigenvalue weighted by Crippen LogP contribution is 2.27. The Morgan fingerprint density at radius 2 is 1.77 bits per heavy atom. The van der Waals surface area contributed by atoms with Gasteiger partial charge in [0.2, 0.25) is 0 Å². The van der Waals surface area contributed by atoms with Gasteiger partial charge in [0.25, 0.3) is 12.2 Å². The quantitative estimate of drug-likeness (QED) is 0.486. The molecule has 1 aliphatic heterocycles. The summed E-state index contributed by atoms with van der Waals surface area (Å²) in [4.78, 5) is 23.7. The zero-order valence-corrected chi connectivity index (χ0v) is 12.0. The van der Waals surface area contributed by atoms with Crippen molar-refractivity contribution in [2.24, 2.45) is 0 Å². The molecule has 1 fully saturated rings. The molecule has 0 amide bonds. The lowest BCUT2D eigenvalue weighted by atomic mass is 10.1. The van der Waals surface area contributed by atoms with E-state index in [9.17, 15) is 18.4 Å². The van der Waals surface area contributed by atoms with Gasteiger partial charge < -0.3 is 14.2 Å². The van der Waals surface area contributed by atoms with E-state index in [2.05, 4.69) is 0 Å². The SMILES string of the molecule is CC1(C)OC(=O)C(=Cc2ccccc2OCC(F)F)C(=O)O1. The fourth-order valence-electron chi connectivity index (χ4n) is 1.82. The maximum Gasteiger partial charge on any atom is 0.348 e. The fourth-order valence-corrected chi connectivity index (χ4v) is 1.82. The van der Waals surface area contributed by atoms with Crippen molar-refractivity contribution in [1.82, 2.24) is 0 Å². The van der Waals surface area contributed by atoms with E-state index in [4.69, 9.17) is 14.2 Å². The molecule has 0 unspecified atom stereocenters. The molecule has 1 aliphatic rings. The van der Waals surface area contributed by atoms with Gasteiger partial charge >= 0.3 is 11.9 Å². The average Bonchev–Trinajstić information content (AvgIpc) is 2.40. The number of esters is 2. The van der Waals surface area contributed by atoms with Crippen LogP contribution in [0.25, 0.3) is 6.08 Å². The molecule has 0 atom stereocenters. The van der Waals surface area contributed by atoms with Crippen molar-refractivity contribution in [2.45, 2.75) is 26.1 Å². The third-order valence-electron chi connectivity index (χ3n) is 2.70. The van der Waals surface area contributed by atoms with Crippen LogP contribution in [0.3, 0.4) is 0 Å². The van der Waals surface area contributed by atoms with Gasteiger partial charge in [0.15, 0.2) is 0 Å². The highest BCUT2D eigenvalue weighted by Gasteiger charge is 2.38. The molecule has 5 nitrogen and oxygen atoms in total. The van der Waals surface area contributed by atoms with Crippen molar-refractivity contribution < 1.29 is 32.6 Å². The first-order valence-corrected chi connectivity index (χ1v) is 6.47. The van der Waals surface area contributed by atoms with Crippen LogP contribution in [0.5, 0.6) is 5.75 Å². The third kappa shape index (κ3) is 3.81. The molecule has 0 aromatic heterocycles. The Kier molecular flexibility index (Phi) is 4.44. The van der Waals surface area contributed by atoms with Crippen LogP contribution in [0.15, 0.2) is 29.8 Å². The van der Waals surface area contributed by atoms with Crippen LogP contribution >= 0.6 is 0 Å². The van der Waals surface area contributed by atoms with Crippen LogP contribution in [-0.2, 0) is 19.1 Å². The van der Waals surface area contributed by atoms with E-state index in [0.717, 1.165) is 0 Å². The lowest BCUT2D eigenvalue weighted by Gasteiger charge is -2.29. The number of halogens is 2. The number of ether oxygens (including phenoxy) is 3. The number of para-hydroxylation sites is 1. The number of carbonyl (C=O) groups is 2. The molecule has 1 aromatic carbocycles. The van der Waals surface area contributed by atoms with E-state index >= 15 is 0 Å². The number of hydrogen-bond acceptors (Lipinski definition) is 5. The molecule has 0 saturated carbocycles. The van der Waals surface area contributed by atoms with Crippen LogP contribution in [0.2, 0.25) is 0 Å². The second kappa shape index (κ2) is 6.13. The van der Waals surface area contributed by atoms with Gasteiger partial charge in [-0.25, -0.2) is 18.4 Å². The molecule has 0 bridgehead atoms. The average molecular weight is 312 g/mol. The van der Waals surface area contributed by atoms with Gasteiger partial charge in [-0.3, -0.25) is 0 Å². The molecular weight excluding hydrogens is 298 g/mol. The van der Waals surface area contributed by atoms with Crippen LogP contribution in [0, 0.1) is 0 Å². The Labute approximate surface area is 125 Å². The standard InChI is InChI=1S/C15H14F2O5/c1-15(2)21-13(18)10(14(19)22-15)7-9-5-3-4-6-11(9)20-8-12(16)17/h3-7,12H,8H2,1-2H3. The minimum atomic E-state index is -2.63. The summed E-state index contributed by atoms with van der Waals surface area (Å²) in [5.74, 6) is -2.90. The first-order chi connectivity index (χ1) is 10.3. The highest BCUT2D eigenvalue weighted by atomic mass is 19.3. The van der Waals surface area contributed by atoms with E-state index in [1.54, 1.807) is 12.1 Å². The van der Waals surface area contributed by atoms with Crippen LogP contribution in [0.4, 0.5) is 8.78 Å². The maximum atomic E-state index is 12.2. The summed E-state index contributed by atoms with van der Waals surface area (Å²) < 4.78 is 39.3. The maximum absolute atomic E-state index is 12.2. The smallest absolute Gasteiger partial charge is 0.348 e. The molecule has 0 spiro atoms. The third-order valence-corrected chi connectivity index (χ3v) is 2.70. The lowest BCUT2D eigenvalue weighted by Crippen LogP contribution is -2.41. The van der Waals surface area contributed by atoms with Crippen LogP contribution in [0.1, 0.15) is 19.4 Å². The monoisotopic (exact) mass is 312 g/mol. The summed E-state index contributed by atoms with van der Waals surface area (Å²) in [6.45, 7) is 2.07. The minimum Gasteiger partial charge on any atom is -0.487 e. The summed E-state index contributed by atoms with van der Waals surface area (Å²) in [6.07, 6.45) is -1.44. The van der Waals surface area contributed by atoms with E-state index in [1.807, 2.05) is 0 Å². The summed E-state index contributed by atoms with van der Waals surface area (Å²) in [5.41, 5.74) is -0.0285. The van der Waals surface area contributed by atoms with Crippen molar-refractivity contribution in [3.05, 3.63) is 35.4 Å². The second-order valence-electron chi connectivity index (χ2n) is 4.98. The molecule has 2 rings (SSSR count). The van der Waals surface area contributed by atoms with E-state index in [1.165, 1.54) is 32.1 Å². The minimum absolute atomic E-state index is 0.126. The zero-order chi connectivity index (χ0) is 16.3. The Morgan fingerprint density at radius 1 is 1.18 bits per heavy atom. The molecule has 0 aliphatic carbocycles. The Balaban J connectivity index is 2.29. The van der Waals surface area contributed by atoms with Crippen molar-refractivity contribution >= 4 is 18.0 Å². The van der Waals surface area contributed by atoms with Gasteiger partial charge in [-0.1, -0.05) is 18.2 Å². The molecule has 0 N–H and O–H groups in total. The van der Waals surface area contributed by atoms with E-state index < -0.39 is 30.8 Å². The van der Waals surface area contributed by atoms with E-state index in [-0.39, 0.29) is 11.3 Å². The van der Waals surface area contributed by atoms with Gasteiger partial charge in [0.1, 0.15) is 17.9 Å². The van der Waals surface area contributed by atoms with Gasteiger partial charge in [0, 0.05) is 19.4 Å². The number of hydrogen-bond donors (Lipinski definition) is 0. The van der Waals surface area contributed by atoms with Gasteiger partial charge in [-0.15, -0.1) is 0 Å². The predicted molar refractivity (Wildman–Crippen MR) is 72.2 cm³/mol. The molecule has 7 heteroatoms. The summed E-state index contributed by atoms with van der Waals surface area (Å²) >= 11 is 0. The van der Waals surface area contributed by atoms with Crippen molar-refractivity contribution in [3.8, 4) is 5.75 Å². The normalized spacial score (nSPS) is 17.0. The summed E-state index contributed by atoms with van der Waals surface area (Å²) in [7, 11) is 0. The van der Waals surface area contributed by atoms with Gasteiger partial charge in [-0.2, -0.15) is 0 Å². The highest BCUT2D eigenvalue weighted by molar-refractivity contribution is 6.19. The molecular formula is C15H14F2O5. The number of rotatable bonds is 4. The first-order valence-electron chi connectivity index (χ1n) is 6.47. The Morgan fingerprint density at radius 3 is 2.36 bits per heavy atom. The number of carbonyl (C=O) groups excluding carboxylic acids is 2. The Hall–Kier alpha value is -2.44. The number of alkyl halides is 2. The molecule has 118 valence electrons. The fraction of sp³-hybridized carbons (Fsp3) is 0.333. The second-order valence-corrected chi connectivity index (χ2v) is 4.98. The predicted octanol–water partition coefficient (Wildman–Crippen LogP) is 2.55. The molecule has 1 heterocycles. The molecule has 1 aromatic rings. The molecule has 1 saturated heterocycles. The Bertz CT molecular complexity index is 600. The van der Waals surface area contributed by atoms with Crippen LogP contribution in [-0.4, -0.2) is 30.8 Å². The number of cyclic esters (lactones) is 2. The van der Waals surface area contributed by atoms with Gasteiger partial charge in [0.05, 0.1) is 0 Å². The van der Waals surface area contributed by atoms with Crippen molar-refractivity contribution in [3.63, 3.8) is 0 Å². The van der Waals surface area contributed by atoms with Crippen molar-refractivity contribution in [2.75, 3.05) is 6.61 Å². The van der Waals surface area contributed by atoms with Crippen LogP contribution < -0.4 is 4.74 Å². The molecule has 0 radical (unpaired) electrons. The largest absolute Gasteiger partial charge is 0.487 e. The summed E-state index contributed by atoms with van der Waals surface area (Å²) in [5, 5.41) is 0. The van der Waals surface area contributed by atoms with Gasteiger partial charge in [-0.05, 0) is 12.1 Å². The van der Waals surface area contributed by atoms with Crippen molar-refractivity contribution in [1.29, 1.82) is 0 Å². The first kappa shape index (κ1) is 15.9. The van der Waals surface area contributed by atoms with E-state index in [0.29, 0.717) is 5.56 Å². The number of benzene rings is 1. The zero-order valence-electron chi connectivity index (χ0n) is 12.0. The summed E-state index contributed by atoms with van der Waals surface area (Å²) in [6, 6.07) is 6.18.